The summed E-state index contributed by atoms with van der Waals surface area (Å²) >= 11 is 7.32. The summed E-state index contributed by atoms with van der Waals surface area (Å²) in [5, 5.41) is 8.91. The smallest absolute Gasteiger partial charge is 0.267 e. The molecule has 1 aliphatic heterocycles. The fourth-order valence-electron chi connectivity index (χ4n) is 2.64. The first-order valence-corrected chi connectivity index (χ1v) is 9.26. The molecule has 0 unspecified atom stereocenters. The highest BCUT2D eigenvalue weighted by Crippen LogP contribution is 2.31. The average Bonchev–Trinajstić information content (AvgIpc) is 3.24. The molecule has 26 heavy (non-hydrogen) atoms. The summed E-state index contributed by atoms with van der Waals surface area (Å²) in [4.78, 5) is 17.4. The van der Waals surface area contributed by atoms with Gasteiger partial charge in [-0.1, -0.05) is 54.1 Å². The molecular formula is C20H14ClN3OS. The van der Waals surface area contributed by atoms with Crippen molar-refractivity contribution < 1.29 is 4.79 Å². The van der Waals surface area contributed by atoms with Gasteiger partial charge in [-0.05, 0) is 30.7 Å². The van der Waals surface area contributed by atoms with Crippen LogP contribution >= 0.6 is 22.9 Å². The second-order valence-electron chi connectivity index (χ2n) is 5.79. The van der Waals surface area contributed by atoms with Crippen LogP contribution in [-0.4, -0.2) is 16.6 Å². The van der Waals surface area contributed by atoms with E-state index in [1.54, 1.807) is 0 Å². The molecule has 0 radical (unpaired) electrons. The van der Waals surface area contributed by atoms with Crippen molar-refractivity contribution in [2.75, 3.05) is 5.01 Å². The molecule has 1 aromatic heterocycles. The van der Waals surface area contributed by atoms with Gasteiger partial charge in [0, 0.05) is 16.0 Å². The maximum absolute atomic E-state index is 12.8. The van der Waals surface area contributed by atoms with Crippen LogP contribution in [0.2, 0.25) is 5.02 Å². The first-order valence-electron chi connectivity index (χ1n) is 8.00. The second-order valence-corrected chi connectivity index (χ2v) is 7.07. The molecule has 1 aliphatic rings. The van der Waals surface area contributed by atoms with E-state index in [0.717, 1.165) is 16.8 Å². The van der Waals surface area contributed by atoms with Gasteiger partial charge in [0.05, 0.1) is 17.0 Å². The maximum atomic E-state index is 12.8. The van der Waals surface area contributed by atoms with Crippen molar-refractivity contribution in [3.63, 3.8) is 0 Å². The summed E-state index contributed by atoms with van der Waals surface area (Å²) in [6.45, 7) is 1.83. The Hall–Kier alpha value is -2.76. The van der Waals surface area contributed by atoms with Crippen molar-refractivity contribution in [2.24, 2.45) is 5.10 Å². The lowest BCUT2D eigenvalue weighted by atomic mass is 10.1. The van der Waals surface area contributed by atoms with Crippen molar-refractivity contribution in [3.05, 3.63) is 76.1 Å². The highest BCUT2D eigenvalue weighted by Gasteiger charge is 2.30. The Labute approximate surface area is 160 Å². The quantitative estimate of drug-likeness (QED) is 0.582. The van der Waals surface area contributed by atoms with E-state index in [-0.39, 0.29) is 5.91 Å². The van der Waals surface area contributed by atoms with E-state index in [1.165, 1.54) is 16.3 Å². The van der Waals surface area contributed by atoms with Gasteiger partial charge in [0.2, 0.25) is 5.13 Å². The number of carbonyl (C=O) groups excluding carboxylic acids is 1. The molecule has 2 aromatic carbocycles. The monoisotopic (exact) mass is 379 g/mol. The predicted molar refractivity (Wildman–Crippen MR) is 108 cm³/mol. The van der Waals surface area contributed by atoms with E-state index < -0.39 is 0 Å². The van der Waals surface area contributed by atoms with Gasteiger partial charge in [-0.3, -0.25) is 4.79 Å². The van der Waals surface area contributed by atoms with Crippen molar-refractivity contribution in [1.29, 1.82) is 0 Å². The zero-order chi connectivity index (χ0) is 18.1. The first kappa shape index (κ1) is 16.7. The van der Waals surface area contributed by atoms with Crippen LogP contribution in [0.1, 0.15) is 12.5 Å². The van der Waals surface area contributed by atoms with Crippen molar-refractivity contribution in [2.45, 2.75) is 6.92 Å². The summed E-state index contributed by atoms with van der Waals surface area (Å²) in [5.74, 6) is -0.164. The van der Waals surface area contributed by atoms with Gasteiger partial charge in [-0.15, -0.1) is 11.3 Å². The molecule has 0 N–H and O–H groups in total. The normalized spacial score (nSPS) is 15.6. The molecule has 128 valence electrons. The van der Waals surface area contributed by atoms with Crippen LogP contribution in [0.15, 0.2) is 70.7 Å². The van der Waals surface area contributed by atoms with Crippen LogP contribution in [-0.2, 0) is 4.79 Å². The minimum absolute atomic E-state index is 0.164. The largest absolute Gasteiger partial charge is 0.282 e. The molecule has 0 saturated heterocycles. The third-order valence-electron chi connectivity index (χ3n) is 3.99. The minimum atomic E-state index is -0.164. The van der Waals surface area contributed by atoms with E-state index in [9.17, 15) is 4.79 Å². The summed E-state index contributed by atoms with van der Waals surface area (Å²) in [6, 6.07) is 17.2. The lowest BCUT2D eigenvalue weighted by Gasteiger charge is -2.06. The van der Waals surface area contributed by atoms with Gasteiger partial charge in [-0.25, -0.2) is 4.98 Å². The number of hydrazone groups is 1. The van der Waals surface area contributed by atoms with Crippen LogP contribution in [0, 0.1) is 0 Å². The maximum Gasteiger partial charge on any atom is 0.282 e. The second kappa shape index (κ2) is 6.86. The van der Waals surface area contributed by atoms with E-state index in [1.807, 2.05) is 73.0 Å². The molecular weight excluding hydrogens is 366 g/mol. The van der Waals surface area contributed by atoms with E-state index >= 15 is 0 Å². The number of anilines is 1. The first-order chi connectivity index (χ1) is 12.6. The highest BCUT2D eigenvalue weighted by molar-refractivity contribution is 7.14. The number of thiazole rings is 1. The standard InChI is InChI=1S/C20H14ClN3OS/c1-13-17(11-14-5-3-2-4-6-14)19(25)24(23-13)20-22-18(12-26-20)15-7-9-16(21)10-8-15/h2-12H,1H3. The van der Waals surface area contributed by atoms with Crippen LogP contribution in [0.3, 0.4) is 0 Å². The number of hydrogen-bond acceptors (Lipinski definition) is 4. The van der Waals surface area contributed by atoms with Crippen molar-refractivity contribution in [3.8, 4) is 11.3 Å². The van der Waals surface area contributed by atoms with Crippen LogP contribution in [0.25, 0.3) is 17.3 Å². The van der Waals surface area contributed by atoms with Crippen LogP contribution < -0.4 is 5.01 Å². The van der Waals surface area contributed by atoms with E-state index in [2.05, 4.69) is 10.1 Å². The molecule has 0 saturated carbocycles. The van der Waals surface area contributed by atoms with Crippen LogP contribution in [0.4, 0.5) is 5.13 Å². The number of halogens is 1. The van der Waals surface area contributed by atoms with Crippen LogP contribution in [0.5, 0.6) is 0 Å². The fraction of sp³-hybridized carbons (Fsp3) is 0.0500. The number of rotatable bonds is 3. The van der Waals surface area contributed by atoms with Crippen molar-refractivity contribution >= 4 is 45.8 Å². The molecule has 2 heterocycles. The van der Waals surface area contributed by atoms with Gasteiger partial charge in [0.15, 0.2) is 0 Å². The zero-order valence-electron chi connectivity index (χ0n) is 13.9. The third kappa shape index (κ3) is 3.19. The Bertz CT molecular complexity index is 1020. The van der Waals surface area contributed by atoms with Gasteiger partial charge in [0.25, 0.3) is 5.91 Å². The SMILES string of the molecule is CC1=NN(c2nc(-c3ccc(Cl)cc3)cs2)C(=O)C1=Cc1ccccc1. The molecule has 6 heteroatoms. The molecule has 4 rings (SSSR count). The Kier molecular flexibility index (Phi) is 4.41. The van der Waals surface area contributed by atoms with E-state index in [4.69, 9.17) is 11.6 Å². The number of nitrogens with zero attached hydrogens (tertiary/aromatic N) is 3. The van der Waals surface area contributed by atoms with Gasteiger partial charge >= 0.3 is 0 Å². The Balaban J connectivity index is 1.63. The Morgan fingerprint density at radius 3 is 2.54 bits per heavy atom. The molecule has 1 amide bonds. The molecule has 0 bridgehead atoms. The van der Waals surface area contributed by atoms with Gasteiger partial charge in [-0.2, -0.15) is 10.1 Å². The molecule has 0 atom stereocenters. The summed E-state index contributed by atoms with van der Waals surface area (Å²) in [7, 11) is 0. The molecule has 0 spiro atoms. The van der Waals surface area contributed by atoms with Gasteiger partial charge in [0.1, 0.15) is 0 Å². The lowest BCUT2D eigenvalue weighted by molar-refractivity contribution is -0.114. The number of hydrogen-bond donors (Lipinski definition) is 0. The summed E-state index contributed by atoms with van der Waals surface area (Å²) in [6.07, 6.45) is 1.86. The fourth-order valence-corrected chi connectivity index (χ4v) is 3.55. The average molecular weight is 380 g/mol. The molecule has 4 nitrogen and oxygen atoms in total. The van der Waals surface area contributed by atoms with Gasteiger partial charge < -0.3 is 0 Å². The topological polar surface area (TPSA) is 45.6 Å². The Morgan fingerprint density at radius 2 is 1.81 bits per heavy atom. The summed E-state index contributed by atoms with van der Waals surface area (Å²) < 4.78 is 0. The van der Waals surface area contributed by atoms with Crippen molar-refractivity contribution in [1.82, 2.24) is 4.98 Å². The summed E-state index contributed by atoms with van der Waals surface area (Å²) in [5.41, 5.74) is 3.97. The number of carbonyl (C=O) groups is 1. The molecule has 3 aromatic rings. The number of aromatic nitrogens is 1. The highest BCUT2D eigenvalue weighted by atomic mass is 35.5. The lowest BCUT2D eigenvalue weighted by Crippen LogP contribution is -2.21. The molecule has 0 fully saturated rings. The molecule has 0 aliphatic carbocycles. The minimum Gasteiger partial charge on any atom is -0.267 e. The third-order valence-corrected chi connectivity index (χ3v) is 5.05. The number of amides is 1. The Morgan fingerprint density at radius 1 is 1.08 bits per heavy atom. The zero-order valence-corrected chi connectivity index (χ0v) is 15.5. The van der Waals surface area contributed by atoms with E-state index in [0.29, 0.717) is 21.4 Å². The number of benzene rings is 2. The predicted octanol–water partition coefficient (Wildman–Crippen LogP) is 5.27.